The lowest BCUT2D eigenvalue weighted by molar-refractivity contribution is 0.215. The SMILES string of the molecule is CN(CCCn1ccnc1)C[C@@H]1CCN(C)[C@H]1c1cccnc1. The second-order valence-corrected chi connectivity index (χ2v) is 6.68. The number of rotatable bonds is 7. The first kappa shape index (κ1) is 16.1. The molecule has 2 aromatic rings. The maximum Gasteiger partial charge on any atom is 0.0945 e. The van der Waals surface area contributed by atoms with Gasteiger partial charge in [-0.3, -0.25) is 9.88 Å². The molecule has 0 amide bonds. The largest absolute Gasteiger partial charge is 0.337 e. The van der Waals surface area contributed by atoms with E-state index in [-0.39, 0.29) is 0 Å². The Kier molecular flexibility index (Phi) is 5.41. The molecule has 23 heavy (non-hydrogen) atoms. The maximum absolute atomic E-state index is 4.31. The number of hydrogen-bond acceptors (Lipinski definition) is 4. The monoisotopic (exact) mass is 313 g/mol. The van der Waals surface area contributed by atoms with Gasteiger partial charge in [0.15, 0.2) is 0 Å². The average Bonchev–Trinajstić information content (AvgIpc) is 3.18. The second kappa shape index (κ2) is 7.70. The van der Waals surface area contributed by atoms with Crippen molar-refractivity contribution in [3.05, 3.63) is 48.8 Å². The van der Waals surface area contributed by atoms with Crippen molar-refractivity contribution < 1.29 is 0 Å². The highest BCUT2D eigenvalue weighted by Gasteiger charge is 2.33. The van der Waals surface area contributed by atoms with Crippen LogP contribution in [0.25, 0.3) is 0 Å². The van der Waals surface area contributed by atoms with Gasteiger partial charge in [-0.05, 0) is 57.6 Å². The van der Waals surface area contributed by atoms with Gasteiger partial charge in [0.1, 0.15) is 0 Å². The Morgan fingerprint density at radius 1 is 1.30 bits per heavy atom. The van der Waals surface area contributed by atoms with Crippen molar-refractivity contribution in [3.63, 3.8) is 0 Å². The average molecular weight is 313 g/mol. The second-order valence-electron chi connectivity index (χ2n) is 6.68. The lowest BCUT2D eigenvalue weighted by Crippen LogP contribution is -2.31. The third kappa shape index (κ3) is 4.18. The van der Waals surface area contributed by atoms with E-state index in [9.17, 15) is 0 Å². The Hall–Kier alpha value is -1.72. The Labute approximate surface area is 139 Å². The van der Waals surface area contributed by atoms with Crippen LogP contribution in [0.3, 0.4) is 0 Å². The summed E-state index contributed by atoms with van der Waals surface area (Å²) in [4.78, 5) is 13.3. The van der Waals surface area contributed by atoms with Crippen molar-refractivity contribution in [1.82, 2.24) is 24.3 Å². The number of nitrogens with zero attached hydrogens (tertiary/aromatic N) is 5. The molecule has 0 saturated carbocycles. The van der Waals surface area contributed by atoms with E-state index in [0.29, 0.717) is 12.0 Å². The minimum atomic E-state index is 0.500. The van der Waals surface area contributed by atoms with E-state index in [1.165, 1.54) is 18.5 Å². The summed E-state index contributed by atoms with van der Waals surface area (Å²) in [6.07, 6.45) is 12.1. The van der Waals surface area contributed by atoms with Crippen LogP contribution in [-0.2, 0) is 6.54 Å². The summed E-state index contributed by atoms with van der Waals surface area (Å²) in [6, 6.07) is 4.76. The van der Waals surface area contributed by atoms with Gasteiger partial charge in [-0.1, -0.05) is 6.07 Å². The third-order valence-corrected chi connectivity index (χ3v) is 4.86. The van der Waals surface area contributed by atoms with E-state index < -0.39 is 0 Å². The number of aryl methyl sites for hydroxylation is 1. The Bertz CT molecular complexity index is 568. The molecule has 5 nitrogen and oxygen atoms in total. The van der Waals surface area contributed by atoms with Gasteiger partial charge in [0, 0.05) is 43.9 Å². The molecule has 0 spiro atoms. The molecule has 0 aliphatic carbocycles. The highest BCUT2D eigenvalue weighted by molar-refractivity contribution is 5.17. The summed E-state index contributed by atoms with van der Waals surface area (Å²) < 4.78 is 2.15. The molecule has 1 aliphatic rings. The van der Waals surface area contributed by atoms with Crippen molar-refractivity contribution in [2.75, 3.05) is 33.7 Å². The third-order valence-electron chi connectivity index (χ3n) is 4.86. The molecule has 2 atom stereocenters. The quantitative estimate of drug-likeness (QED) is 0.786. The van der Waals surface area contributed by atoms with Gasteiger partial charge < -0.3 is 9.47 Å². The van der Waals surface area contributed by atoms with E-state index in [1.54, 1.807) is 0 Å². The Morgan fingerprint density at radius 3 is 2.96 bits per heavy atom. The molecule has 3 heterocycles. The van der Waals surface area contributed by atoms with Crippen LogP contribution in [0.4, 0.5) is 0 Å². The topological polar surface area (TPSA) is 37.2 Å². The smallest absolute Gasteiger partial charge is 0.0945 e. The molecule has 0 unspecified atom stereocenters. The first-order chi connectivity index (χ1) is 11.2. The highest BCUT2D eigenvalue weighted by atomic mass is 15.2. The van der Waals surface area contributed by atoms with E-state index in [4.69, 9.17) is 0 Å². The minimum Gasteiger partial charge on any atom is -0.337 e. The van der Waals surface area contributed by atoms with Crippen molar-refractivity contribution >= 4 is 0 Å². The van der Waals surface area contributed by atoms with Gasteiger partial charge in [0.25, 0.3) is 0 Å². The first-order valence-corrected chi connectivity index (χ1v) is 8.48. The first-order valence-electron chi connectivity index (χ1n) is 8.48. The lowest BCUT2D eigenvalue weighted by Gasteiger charge is -2.28. The van der Waals surface area contributed by atoms with E-state index in [2.05, 4.69) is 44.5 Å². The molecule has 0 bridgehead atoms. The van der Waals surface area contributed by atoms with E-state index in [1.807, 2.05) is 37.2 Å². The molecule has 5 heteroatoms. The molecule has 124 valence electrons. The fourth-order valence-corrected chi connectivity index (χ4v) is 3.73. The van der Waals surface area contributed by atoms with Crippen molar-refractivity contribution in [3.8, 4) is 0 Å². The standard InChI is InChI=1S/C18H27N5/c1-21(9-4-10-23-12-8-20-15-23)14-17-6-11-22(2)18(17)16-5-3-7-19-13-16/h3,5,7-8,12-13,15,17-18H,4,6,9-11,14H2,1-2H3/t17-,18-/m0/s1. The van der Waals surface area contributed by atoms with Crippen LogP contribution in [0.1, 0.15) is 24.4 Å². The number of aromatic nitrogens is 3. The van der Waals surface area contributed by atoms with Crippen LogP contribution >= 0.6 is 0 Å². The number of imidazole rings is 1. The summed E-state index contributed by atoms with van der Waals surface area (Å²) in [7, 11) is 4.48. The normalized spacial score (nSPS) is 22.0. The van der Waals surface area contributed by atoms with Gasteiger partial charge in [-0.15, -0.1) is 0 Å². The van der Waals surface area contributed by atoms with Gasteiger partial charge in [-0.2, -0.15) is 0 Å². The fraction of sp³-hybridized carbons (Fsp3) is 0.556. The Morgan fingerprint density at radius 2 is 2.22 bits per heavy atom. The van der Waals surface area contributed by atoms with Gasteiger partial charge in [0.2, 0.25) is 0 Å². The fourth-order valence-electron chi connectivity index (χ4n) is 3.73. The zero-order chi connectivity index (χ0) is 16.1. The maximum atomic E-state index is 4.31. The lowest BCUT2D eigenvalue weighted by atomic mass is 9.94. The molecular weight excluding hydrogens is 286 g/mol. The predicted molar refractivity (Wildman–Crippen MR) is 92.1 cm³/mol. The molecule has 0 N–H and O–H groups in total. The van der Waals surface area contributed by atoms with Crippen molar-refractivity contribution in [2.45, 2.75) is 25.4 Å². The van der Waals surface area contributed by atoms with Crippen molar-refractivity contribution in [1.29, 1.82) is 0 Å². The molecule has 2 aromatic heterocycles. The van der Waals surface area contributed by atoms with Crippen LogP contribution in [0, 0.1) is 5.92 Å². The molecule has 1 aliphatic heterocycles. The minimum absolute atomic E-state index is 0.500. The summed E-state index contributed by atoms with van der Waals surface area (Å²) in [5, 5.41) is 0. The summed E-state index contributed by atoms with van der Waals surface area (Å²) >= 11 is 0. The van der Waals surface area contributed by atoms with Gasteiger partial charge >= 0.3 is 0 Å². The summed E-state index contributed by atoms with van der Waals surface area (Å²) in [5.41, 5.74) is 1.35. The summed E-state index contributed by atoms with van der Waals surface area (Å²) in [5.74, 6) is 0.683. The Balaban J connectivity index is 1.51. The van der Waals surface area contributed by atoms with Crippen LogP contribution in [0.2, 0.25) is 0 Å². The van der Waals surface area contributed by atoms with Crippen molar-refractivity contribution in [2.24, 2.45) is 5.92 Å². The van der Waals surface area contributed by atoms with Gasteiger partial charge in [-0.25, -0.2) is 4.98 Å². The number of hydrogen-bond donors (Lipinski definition) is 0. The number of pyridine rings is 1. The predicted octanol–water partition coefficient (Wildman–Crippen LogP) is 2.29. The van der Waals surface area contributed by atoms with Crippen LogP contribution in [-0.4, -0.2) is 58.1 Å². The molecular formula is C18H27N5. The number of likely N-dealkylation sites (tertiary alicyclic amines) is 1. The molecule has 3 rings (SSSR count). The van der Waals surface area contributed by atoms with E-state index >= 15 is 0 Å². The van der Waals surface area contributed by atoms with E-state index in [0.717, 1.165) is 26.1 Å². The molecule has 0 aromatic carbocycles. The molecule has 1 fully saturated rings. The molecule has 0 radical (unpaired) electrons. The van der Waals surface area contributed by atoms with Crippen LogP contribution in [0.15, 0.2) is 43.2 Å². The van der Waals surface area contributed by atoms with Crippen LogP contribution < -0.4 is 0 Å². The van der Waals surface area contributed by atoms with Crippen LogP contribution in [0.5, 0.6) is 0 Å². The van der Waals surface area contributed by atoms with Gasteiger partial charge in [0.05, 0.1) is 6.33 Å². The summed E-state index contributed by atoms with van der Waals surface area (Å²) in [6.45, 7) is 4.49. The highest BCUT2D eigenvalue weighted by Crippen LogP contribution is 2.35. The zero-order valence-corrected chi connectivity index (χ0v) is 14.2. The zero-order valence-electron chi connectivity index (χ0n) is 14.2. The molecule has 1 saturated heterocycles.